The Balaban J connectivity index is 1.49. The number of ether oxygens (including phenoxy) is 3. The summed E-state index contributed by atoms with van der Waals surface area (Å²) in [5.41, 5.74) is -2.44. The molecule has 2 saturated carbocycles. The van der Waals surface area contributed by atoms with Crippen LogP contribution < -0.4 is 10.4 Å². The second kappa shape index (κ2) is 11.1. The fraction of sp³-hybridized carbons (Fsp3) is 0.486. The Labute approximate surface area is 260 Å². The highest BCUT2D eigenvalue weighted by atomic mass is 19.1. The number of esters is 2. The summed E-state index contributed by atoms with van der Waals surface area (Å²) < 4.78 is 38.0. The molecule has 0 saturated heterocycles. The molecule has 0 spiro atoms. The first-order valence-electron chi connectivity index (χ1n) is 15.3. The van der Waals surface area contributed by atoms with Gasteiger partial charge in [0.05, 0.1) is 18.3 Å². The Bertz CT molecular complexity index is 1680. The minimum atomic E-state index is -1.32. The number of halogens is 1. The summed E-state index contributed by atoms with van der Waals surface area (Å²) in [6.07, 6.45) is 2.78. The Hall–Kier alpha value is -4.05. The molecule has 0 bridgehead atoms. The topological polar surface area (TPSA) is 125 Å². The van der Waals surface area contributed by atoms with Crippen LogP contribution in [0.5, 0.6) is 5.75 Å². The lowest BCUT2D eigenvalue weighted by atomic mass is 9.41. The van der Waals surface area contributed by atoms with E-state index in [2.05, 4.69) is 25.8 Å². The summed E-state index contributed by atoms with van der Waals surface area (Å²) in [6, 6.07) is 10.1. The second-order valence-corrected chi connectivity index (χ2v) is 13.5. The van der Waals surface area contributed by atoms with Crippen LogP contribution in [0.4, 0.5) is 4.39 Å². The Morgan fingerprint density at radius 3 is 2.56 bits per heavy atom. The van der Waals surface area contributed by atoms with E-state index < -0.39 is 57.9 Å². The lowest BCUT2D eigenvalue weighted by Crippen LogP contribution is -2.70. The molecule has 10 heteroatoms. The number of fused-ring (bicyclic) bond motifs is 4. The molecule has 238 valence electrons. The number of aromatic nitrogens is 1. The van der Waals surface area contributed by atoms with E-state index in [0.29, 0.717) is 18.4 Å². The quantitative estimate of drug-likeness (QED) is 0.348. The second-order valence-electron chi connectivity index (χ2n) is 13.5. The van der Waals surface area contributed by atoms with Gasteiger partial charge in [0.1, 0.15) is 34.6 Å². The molecule has 2 aliphatic carbocycles. The molecule has 2 aromatic heterocycles. The maximum atomic E-state index is 13.7. The van der Waals surface area contributed by atoms with Gasteiger partial charge in [-0.1, -0.05) is 20.8 Å². The first-order valence-corrected chi connectivity index (χ1v) is 15.3. The van der Waals surface area contributed by atoms with Gasteiger partial charge >= 0.3 is 17.6 Å². The van der Waals surface area contributed by atoms with Crippen molar-refractivity contribution in [2.45, 2.75) is 71.7 Å². The molecule has 6 rings (SSSR count). The number of pyridine rings is 1. The summed E-state index contributed by atoms with van der Waals surface area (Å²) in [4.78, 5) is 43.2. The maximum absolute atomic E-state index is 13.7. The fourth-order valence-electron chi connectivity index (χ4n) is 8.48. The minimum Gasteiger partial charge on any atom is -0.482 e. The molecule has 0 radical (unpaired) electrons. The van der Waals surface area contributed by atoms with Crippen molar-refractivity contribution in [1.82, 2.24) is 4.98 Å². The SMILES string of the molecule is CC(=O)OCC1(C)C2C[C@H](OC(=O)c3ccc(F)cc3)[C@@]3(C)Oc4cc(-c5cccnc5)oc(=O)c4[C@H](O)C3[C@@]2(C)CC[C@@H]1C. The van der Waals surface area contributed by atoms with Crippen LogP contribution in [0, 0.1) is 34.4 Å². The summed E-state index contributed by atoms with van der Waals surface area (Å²) in [5.74, 6) is -1.96. The van der Waals surface area contributed by atoms with Crippen molar-refractivity contribution < 1.29 is 37.7 Å². The van der Waals surface area contributed by atoms with Crippen molar-refractivity contribution in [3.05, 3.63) is 82.2 Å². The molecule has 3 aliphatic rings. The Morgan fingerprint density at radius 2 is 1.89 bits per heavy atom. The average Bonchev–Trinajstić information content (AvgIpc) is 2.99. The first kappa shape index (κ1) is 31.0. The van der Waals surface area contributed by atoms with Crippen LogP contribution in [0.1, 0.15) is 75.9 Å². The first-order chi connectivity index (χ1) is 21.3. The molecular weight excluding hydrogens is 581 g/mol. The van der Waals surface area contributed by atoms with Crippen molar-refractivity contribution in [2.75, 3.05) is 6.61 Å². The van der Waals surface area contributed by atoms with Gasteiger partial charge in [0.15, 0.2) is 0 Å². The maximum Gasteiger partial charge on any atom is 0.345 e. The van der Waals surface area contributed by atoms with Crippen molar-refractivity contribution in [2.24, 2.45) is 28.6 Å². The molecule has 2 fully saturated rings. The summed E-state index contributed by atoms with van der Waals surface area (Å²) in [7, 11) is 0. The van der Waals surface area contributed by atoms with Gasteiger partial charge in [-0.25, -0.2) is 14.0 Å². The third kappa shape index (κ3) is 5.03. The molecular formula is C35H38FNO8. The average molecular weight is 620 g/mol. The predicted molar refractivity (Wildman–Crippen MR) is 161 cm³/mol. The van der Waals surface area contributed by atoms with E-state index in [1.54, 1.807) is 30.6 Å². The van der Waals surface area contributed by atoms with E-state index in [1.165, 1.54) is 31.2 Å². The smallest absolute Gasteiger partial charge is 0.345 e. The molecule has 1 aliphatic heterocycles. The molecule has 8 atom stereocenters. The predicted octanol–water partition coefficient (Wildman–Crippen LogP) is 5.89. The van der Waals surface area contributed by atoms with Gasteiger partial charge in [0, 0.05) is 42.3 Å². The number of nitrogens with zero attached hydrogens (tertiary/aromatic N) is 1. The fourth-order valence-corrected chi connectivity index (χ4v) is 8.48. The van der Waals surface area contributed by atoms with Crippen LogP contribution in [0.15, 0.2) is 64.1 Å². The van der Waals surface area contributed by atoms with Gasteiger partial charge in [-0.15, -0.1) is 0 Å². The molecule has 0 amide bonds. The lowest BCUT2D eigenvalue weighted by molar-refractivity contribution is -0.257. The van der Waals surface area contributed by atoms with Crippen LogP contribution in [-0.4, -0.2) is 40.3 Å². The molecule has 45 heavy (non-hydrogen) atoms. The van der Waals surface area contributed by atoms with Crippen LogP contribution in [-0.2, 0) is 14.3 Å². The standard InChI is InChI=1S/C35H38FNO8/c1-19-12-13-33(3)26(34(19,4)18-42-20(2)38)16-27(44-31(40)21-8-10-23(36)11-9-21)35(5)30(33)29(39)28-25(45-35)15-24(43-32(28)41)22-7-6-14-37-17-22/h6-11,14-15,17,19,26-27,29-30,39H,12-13,16,18H2,1-5H3/t19-,26?,27-,29-,30?,33-,34?,35+/m0/s1. The molecule has 3 heterocycles. The van der Waals surface area contributed by atoms with Crippen molar-refractivity contribution >= 4 is 11.9 Å². The summed E-state index contributed by atoms with van der Waals surface area (Å²) in [6.45, 7) is 9.61. The number of carbonyl (C=O) groups excluding carboxylic acids is 2. The molecule has 1 aromatic carbocycles. The van der Waals surface area contributed by atoms with Crippen molar-refractivity contribution in [3.8, 4) is 17.1 Å². The van der Waals surface area contributed by atoms with E-state index in [0.717, 1.165) is 6.42 Å². The monoisotopic (exact) mass is 619 g/mol. The third-order valence-corrected chi connectivity index (χ3v) is 11.0. The molecule has 3 unspecified atom stereocenters. The highest BCUT2D eigenvalue weighted by molar-refractivity contribution is 5.89. The third-order valence-electron chi connectivity index (χ3n) is 11.0. The zero-order valence-electron chi connectivity index (χ0n) is 26.0. The highest BCUT2D eigenvalue weighted by Crippen LogP contribution is 2.68. The molecule has 9 nitrogen and oxygen atoms in total. The van der Waals surface area contributed by atoms with Gasteiger partial charge in [-0.3, -0.25) is 9.78 Å². The van der Waals surface area contributed by atoms with Gasteiger partial charge in [-0.2, -0.15) is 0 Å². The van der Waals surface area contributed by atoms with Gasteiger partial charge in [0.2, 0.25) is 0 Å². The van der Waals surface area contributed by atoms with Crippen molar-refractivity contribution in [3.63, 3.8) is 0 Å². The van der Waals surface area contributed by atoms with Crippen LogP contribution in [0.3, 0.4) is 0 Å². The number of rotatable bonds is 5. The summed E-state index contributed by atoms with van der Waals surface area (Å²) in [5, 5.41) is 12.2. The van der Waals surface area contributed by atoms with E-state index in [-0.39, 0.29) is 41.1 Å². The van der Waals surface area contributed by atoms with Gasteiger partial charge < -0.3 is 23.7 Å². The number of aliphatic hydroxyl groups is 1. The molecule has 1 N–H and O–H groups in total. The van der Waals surface area contributed by atoms with E-state index in [4.69, 9.17) is 18.6 Å². The van der Waals surface area contributed by atoms with Gasteiger partial charge in [0.25, 0.3) is 0 Å². The Kier molecular flexibility index (Phi) is 7.62. The minimum absolute atomic E-state index is 0.0101. The number of hydrogen-bond donors (Lipinski definition) is 1. The lowest BCUT2D eigenvalue weighted by Gasteiger charge is -2.66. The van der Waals surface area contributed by atoms with Crippen LogP contribution >= 0.6 is 0 Å². The van der Waals surface area contributed by atoms with E-state index >= 15 is 0 Å². The van der Waals surface area contributed by atoms with Gasteiger partial charge in [-0.05, 0) is 79.8 Å². The number of hydrogen-bond acceptors (Lipinski definition) is 9. The zero-order chi connectivity index (χ0) is 32.3. The highest BCUT2D eigenvalue weighted by Gasteiger charge is 2.70. The van der Waals surface area contributed by atoms with Crippen molar-refractivity contribution in [1.29, 1.82) is 0 Å². The van der Waals surface area contributed by atoms with Crippen LogP contribution in [0.25, 0.3) is 11.3 Å². The Morgan fingerprint density at radius 1 is 1.16 bits per heavy atom. The van der Waals surface area contributed by atoms with Crippen LogP contribution in [0.2, 0.25) is 0 Å². The normalized spacial score (nSPS) is 33.5. The largest absolute Gasteiger partial charge is 0.482 e. The number of benzene rings is 1. The van der Waals surface area contributed by atoms with E-state index in [1.807, 2.05) is 6.92 Å². The zero-order valence-corrected chi connectivity index (χ0v) is 26.0. The number of carbonyl (C=O) groups is 2. The van der Waals surface area contributed by atoms with E-state index in [9.17, 15) is 23.9 Å². The molecule has 3 aromatic rings. The summed E-state index contributed by atoms with van der Waals surface area (Å²) >= 11 is 0. The number of aliphatic hydroxyl groups excluding tert-OH is 1.